The van der Waals surface area contributed by atoms with Gasteiger partial charge in [-0.05, 0) is 30.3 Å². The van der Waals surface area contributed by atoms with Crippen LogP contribution in [-0.4, -0.2) is 36.9 Å². The largest absolute Gasteiger partial charge is 0.493 e. The number of benzene rings is 1. The molecule has 1 aromatic carbocycles. The van der Waals surface area contributed by atoms with Crippen molar-refractivity contribution in [2.24, 2.45) is 5.16 Å². The topological polar surface area (TPSA) is 82.0 Å². The van der Waals surface area contributed by atoms with Crippen LogP contribution in [0.25, 0.3) is 0 Å². The highest BCUT2D eigenvalue weighted by molar-refractivity contribution is 6.32. The standard InChI is InChI=1S/C17H16ClN3O4/c1-23-13-6-5-10(8-14(13)24-2)12-9-15(25-21-12)17(22)20-11-4-3-7-19-16(11)18/h3-8,15H,9H2,1-2H3,(H,20,22)/t15-/m1/s1. The zero-order valence-electron chi connectivity index (χ0n) is 13.7. The number of amides is 1. The quantitative estimate of drug-likeness (QED) is 0.828. The van der Waals surface area contributed by atoms with Gasteiger partial charge in [-0.1, -0.05) is 16.8 Å². The Kier molecular flexibility index (Phi) is 5.04. The van der Waals surface area contributed by atoms with E-state index in [0.29, 0.717) is 29.3 Å². The van der Waals surface area contributed by atoms with Crippen molar-refractivity contribution >= 4 is 28.9 Å². The predicted octanol–water partition coefficient (Wildman–Crippen LogP) is 2.88. The molecule has 0 spiro atoms. The molecule has 0 aliphatic carbocycles. The van der Waals surface area contributed by atoms with Crippen molar-refractivity contribution in [3.05, 3.63) is 47.2 Å². The van der Waals surface area contributed by atoms with Gasteiger partial charge in [0.2, 0.25) is 6.10 Å². The molecule has 25 heavy (non-hydrogen) atoms. The minimum absolute atomic E-state index is 0.217. The Labute approximate surface area is 149 Å². The maximum Gasteiger partial charge on any atom is 0.268 e. The molecule has 0 fully saturated rings. The summed E-state index contributed by atoms with van der Waals surface area (Å²) < 4.78 is 10.5. The molecule has 130 valence electrons. The molecule has 7 nitrogen and oxygen atoms in total. The van der Waals surface area contributed by atoms with Gasteiger partial charge in [0.15, 0.2) is 16.7 Å². The van der Waals surface area contributed by atoms with Crippen LogP contribution in [0.2, 0.25) is 5.15 Å². The first-order valence-electron chi connectivity index (χ1n) is 7.49. The van der Waals surface area contributed by atoms with Crippen LogP contribution in [0, 0.1) is 0 Å². The predicted molar refractivity (Wildman–Crippen MR) is 93.4 cm³/mol. The summed E-state index contributed by atoms with van der Waals surface area (Å²) in [6, 6.07) is 8.75. The van der Waals surface area contributed by atoms with E-state index in [1.165, 1.54) is 0 Å². The Morgan fingerprint density at radius 2 is 2.08 bits per heavy atom. The number of anilines is 1. The maximum absolute atomic E-state index is 12.3. The van der Waals surface area contributed by atoms with Crippen molar-refractivity contribution in [1.29, 1.82) is 0 Å². The second kappa shape index (κ2) is 7.40. The zero-order chi connectivity index (χ0) is 17.8. The minimum Gasteiger partial charge on any atom is -0.493 e. The van der Waals surface area contributed by atoms with Crippen LogP contribution in [0.5, 0.6) is 11.5 Å². The van der Waals surface area contributed by atoms with Gasteiger partial charge >= 0.3 is 0 Å². The number of nitrogens with zero attached hydrogens (tertiary/aromatic N) is 2. The fraction of sp³-hybridized carbons (Fsp3) is 0.235. The Balaban J connectivity index is 1.69. The fourth-order valence-electron chi connectivity index (χ4n) is 2.40. The molecular weight excluding hydrogens is 346 g/mol. The highest BCUT2D eigenvalue weighted by atomic mass is 35.5. The number of pyridine rings is 1. The first-order chi connectivity index (χ1) is 12.1. The molecule has 0 radical (unpaired) electrons. The normalized spacial score (nSPS) is 16.0. The number of oxime groups is 1. The van der Waals surface area contributed by atoms with E-state index in [-0.39, 0.29) is 11.1 Å². The fourth-order valence-corrected chi connectivity index (χ4v) is 2.56. The summed E-state index contributed by atoms with van der Waals surface area (Å²) in [7, 11) is 3.13. The van der Waals surface area contributed by atoms with Gasteiger partial charge in [-0.25, -0.2) is 4.98 Å². The van der Waals surface area contributed by atoms with Gasteiger partial charge in [0.1, 0.15) is 0 Å². The summed E-state index contributed by atoms with van der Waals surface area (Å²) in [4.78, 5) is 21.5. The van der Waals surface area contributed by atoms with Crippen LogP contribution in [0.4, 0.5) is 5.69 Å². The molecular formula is C17H16ClN3O4. The summed E-state index contributed by atoms with van der Waals surface area (Å²) in [5.41, 5.74) is 1.88. The van der Waals surface area contributed by atoms with Crippen LogP contribution in [-0.2, 0) is 9.63 Å². The minimum atomic E-state index is -0.737. The number of hydrogen-bond acceptors (Lipinski definition) is 6. The number of carbonyl (C=O) groups is 1. The molecule has 0 saturated heterocycles. The van der Waals surface area contributed by atoms with Gasteiger partial charge in [0, 0.05) is 18.2 Å². The molecule has 0 bridgehead atoms. The Bertz CT molecular complexity index is 825. The number of aromatic nitrogens is 1. The van der Waals surface area contributed by atoms with Crippen molar-refractivity contribution in [2.45, 2.75) is 12.5 Å². The number of hydrogen-bond donors (Lipinski definition) is 1. The lowest BCUT2D eigenvalue weighted by Gasteiger charge is -2.10. The maximum atomic E-state index is 12.3. The first-order valence-corrected chi connectivity index (χ1v) is 7.86. The molecule has 1 aliphatic heterocycles. The average molecular weight is 362 g/mol. The third-order valence-electron chi connectivity index (χ3n) is 3.70. The molecule has 1 aromatic heterocycles. The van der Waals surface area contributed by atoms with E-state index in [9.17, 15) is 4.79 Å². The van der Waals surface area contributed by atoms with Crippen molar-refractivity contribution < 1.29 is 19.1 Å². The summed E-state index contributed by atoms with van der Waals surface area (Å²) in [5, 5.41) is 6.92. The van der Waals surface area contributed by atoms with E-state index in [4.69, 9.17) is 25.9 Å². The van der Waals surface area contributed by atoms with E-state index >= 15 is 0 Å². The summed E-state index contributed by atoms with van der Waals surface area (Å²) in [5.74, 6) is 0.859. The lowest BCUT2D eigenvalue weighted by Crippen LogP contribution is -2.28. The summed E-state index contributed by atoms with van der Waals surface area (Å²) in [6.45, 7) is 0. The van der Waals surface area contributed by atoms with E-state index in [2.05, 4.69) is 15.5 Å². The van der Waals surface area contributed by atoms with Crippen LogP contribution in [0.3, 0.4) is 0 Å². The van der Waals surface area contributed by atoms with E-state index < -0.39 is 6.10 Å². The van der Waals surface area contributed by atoms with Crippen molar-refractivity contribution in [3.63, 3.8) is 0 Å². The van der Waals surface area contributed by atoms with Gasteiger partial charge in [0.25, 0.3) is 5.91 Å². The van der Waals surface area contributed by atoms with E-state index in [0.717, 1.165) is 5.56 Å². The molecule has 1 aliphatic rings. The highest BCUT2D eigenvalue weighted by Gasteiger charge is 2.29. The third kappa shape index (κ3) is 3.66. The molecule has 3 rings (SSSR count). The number of rotatable bonds is 5. The van der Waals surface area contributed by atoms with Crippen LogP contribution >= 0.6 is 11.6 Å². The molecule has 1 N–H and O–H groups in total. The lowest BCUT2D eigenvalue weighted by atomic mass is 10.0. The van der Waals surface area contributed by atoms with Crippen molar-refractivity contribution in [1.82, 2.24) is 4.98 Å². The Morgan fingerprint density at radius 1 is 1.28 bits per heavy atom. The molecule has 8 heteroatoms. The second-order valence-electron chi connectivity index (χ2n) is 5.24. The second-order valence-corrected chi connectivity index (χ2v) is 5.59. The van der Waals surface area contributed by atoms with Crippen molar-refractivity contribution in [3.8, 4) is 11.5 Å². The number of nitrogens with one attached hydrogen (secondary N) is 1. The smallest absolute Gasteiger partial charge is 0.268 e. The van der Waals surface area contributed by atoms with Crippen molar-refractivity contribution in [2.75, 3.05) is 19.5 Å². The number of carbonyl (C=O) groups excluding carboxylic acids is 1. The molecule has 1 amide bonds. The van der Waals surface area contributed by atoms with Gasteiger partial charge in [-0.3, -0.25) is 4.79 Å². The van der Waals surface area contributed by atoms with Gasteiger partial charge in [-0.15, -0.1) is 0 Å². The van der Waals surface area contributed by atoms with E-state index in [1.54, 1.807) is 44.7 Å². The van der Waals surface area contributed by atoms with Crippen LogP contribution < -0.4 is 14.8 Å². The SMILES string of the molecule is COc1ccc(C2=NO[C@@H](C(=O)Nc3cccnc3Cl)C2)cc1OC. The Hall–Kier alpha value is -2.80. The number of ether oxygens (including phenoxy) is 2. The summed E-state index contributed by atoms with van der Waals surface area (Å²) >= 11 is 5.94. The van der Waals surface area contributed by atoms with Gasteiger partial charge < -0.3 is 19.6 Å². The Morgan fingerprint density at radius 3 is 2.80 bits per heavy atom. The zero-order valence-corrected chi connectivity index (χ0v) is 14.4. The monoisotopic (exact) mass is 361 g/mol. The van der Waals surface area contributed by atoms with Gasteiger partial charge in [0.05, 0.1) is 25.6 Å². The molecule has 2 aromatic rings. The number of methoxy groups -OCH3 is 2. The molecule has 0 saturated carbocycles. The van der Waals surface area contributed by atoms with Crippen LogP contribution in [0.15, 0.2) is 41.7 Å². The average Bonchev–Trinajstić information content (AvgIpc) is 3.13. The number of halogens is 1. The highest BCUT2D eigenvalue weighted by Crippen LogP contribution is 2.29. The lowest BCUT2D eigenvalue weighted by molar-refractivity contribution is -0.125. The van der Waals surface area contributed by atoms with Gasteiger partial charge in [-0.2, -0.15) is 0 Å². The molecule has 2 heterocycles. The summed E-state index contributed by atoms with van der Waals surface area (Å²) in [6.07, 6.45) is 1.14. The first kappa shape index (κ1) is 17.0. The van der Waals surface area contributed by atoms with Crippen LogP contribution in [0.1, 0.15) is 12.0 Å². The molecule has 1 atom stereocenters. The van der Waals surface area contributed by atoms with E-state index in [1.807, 2.05) is 6.07 Å². The molecule has 0 unspecified atom stereocenters. The third-order valence-corrected chi connectivity index (χ3v) is 4.00.